The SMILES string of the molecule is CC(=O)c1sc(N)c(C(=O)Nc2ccc(C)c(C)c2)c1C. The van der Waals surface area contributed by atoms with E-state index in [4.69, 9.17) is 5.73 Å². The number of carbonyl (C=O) groups excluding carboxylic acids is 2. The smallest absolute Gasteiger partial charge is 0.258 e. The molecule has 1 amide bonds. The predicted octanol–water partition coefficient (Wildman–Crippen LogP) is 3.71. The van der Waals surface area contributed by atoms with Gasteiger partial charge in [-0.05, 0) is 56.5 Å². The Labute approximate surface area is 128 Å². The molecule has 21 heavy (non-hydrogen) atoms. The lowest BCUT2D eigenvalue weighted by Gasteiger charge is -2.08. The fourth-order valence-corrected chi connectivity index (χ4v) is 3.13. The fourth-order valence-electron chi connectivity index (χ4n) is 2.17. The van der Waals surface area contributed by atoms with Gasteiger partial charge in [0.15, 0.2) is 5.78 Å². The van der Waals surface area contributed by atoms with Crippen molar-refractivity contribution >= 4 is 33.7 Å². The predicted molar refractivity (Wildman–Crippen MR) is 87.3 cm³/mol. The standard InChI is InChI=1S/C16H18N2O2S/c1-8-5-6-12(7-9(8)2)18-16(20)13-10(3)14(11(4)19)21-15(13)17/h5-7H,17H2,1-4H3,(H,18,20). The molecule has 0 aliphatic rings. The number of nitrogens with one attached hydrogen (secondary N) is 1. The van der Waals surface area contributed by atoms with Crippen LogP contribution in [0.4, 0.5) is 10.7 Å². The van der Waals surface area contributed by atoms with Gasteiger partial charge in [0.2, 0.25) is 0 Å². The van der Waals surface area contributed by atoms with Crippen LogP contribution in [0.2, 0.25) is 0 Å². The van der Waals surface area contributed by atoms with Crippen molar-refractivity contribution in [2.75, 3.05) is 11.1 Å². The molecule has 0 aliphatic heterocycles. The number of aryl methyl sites for hydroxylation is 2. The number of hydrogen-bond donors (Lipinski definition) is 2. The van der Waals surface area contributed by atoms with Crippen LogP contribution in [-0.2, 0) is 0 Å². The van der Waals surface area contributed by atoms with E-state index in [2.05, 4.69) is 5.32 Å². The fraction of sp³-hybridized carbons (Fsp3) is 0.250. The van der Waals surface area contributed by atoms with E-state index in [-0.39, 0.29) is 11.7 Å². The van der Waals surface area contributed by atoms with Crippen LogP contribution in [0, 0.1) is 20.8 Å². The molecular formula is C16H18N2O2S. The Balaban J connectivity index is 2.32. The van der Waals surface area contributed by atoms with E-state index in [9.17, 15) is 9.59 Å². The van der Waals surface area contributed by atoms with Crippen molar-refractivity contribution in [3.63, 3.8) is 0 Å². The van der Waals surface area contributed by atoms with Gasteiger partial charge in [-0.1, -0.05) is 6.07 Å². The van der Waals surface area contributed by atoms with Crippen molar-refractivity contribution in [3.8, 4) is 0 Å². The summed E-state index contributed by atoms with van der Waals surface area (Å²) in [5.41, 5.74) is 9.92. The molecule has 0 atom stereocenters. The topological polar surface area (TPSA) is 72.2 Å². The van der Waals surface area contributed by atoms with Crippen LogP contribution in [0.3, 0.4) is 0 Å². The highest BCUT2D eigenvalue weighted by atomic mass is 32.1. The van der Waals surface area contributed by atoms with Crippen LogP contribution in [0.15, 0.2) is 18.2 Å². The molecule has 0 fully saturated rings. The van der Waals surface area contributed by atoms with Crippen LogP contribution in [0.1, 0.15) is 43.6 Å². The van der Waals surface area contributed by atoms with Gasteiger partial charge < -0.3 is 11.1 Å². The Bertz CT molecular complexity index is 732. The van der Waals surface area contributed by atoms with E-state index in [0.717, 1.165) is 28.2 Å². The van der Waals surface area contributed by atoms with E-state index in [1.54, 1.807) is 6.92 Å². The highest BCUT2D eigenvalue weighted by molar-refractivity contribution is 7.18. The van der Waals surface area contributed by atoms with Crippen molar-refractivity contribution in [2.45, 2.75) is 27.7 Å². The van der Waals surface area contributed by atoms with E-state index in [1.807, 2.05) is 32.0 Å². The number of rotatable bonds is 3. The number of benzene rings is 1. The summed E-state index contributed by atoms with van der Waals surface area (Å²) in [4.78, 5) is 24.4. The van der Waals surface area contributed by atoms with Crippen molar-refractivity contribution in [1.29, 1.82) is 0 Å². The van der Waals surface area contributed by atoms with E-state index in [0.29, 0.717) is 21.0 Å². The number of nitrogens with two attached hydrogens (primary N) is 1. The Morgan fingerprint density at radius 3 is 2.33 bits per heavy atom. The second-order valence-electron chi connectivity index (χ2n) is 5.10. The average Bonchev–Trinajstić information content (AvgIpc) is 2.69. The number of amides is 1. The number of hydrogen-bond acceptors (Lipinski definition) is 4. The zero-order chi connectivity index (χ0) is 15.7. The monoisotopic (exact) mass is 302 g/mol. The van der Waals surface area contributed by atoms with E-state index >= 15 is 0 Å². The molecule has 0 radical (unpaired) electrons. The molecule has 0 saturated heterocycles. The van der Waals surface area contributed by atoms with Crippen LogP contribution < -0.4 is 11.1 Å². The van der Waals surface area contributed by atoms with Gasteiger partial charge in [-0.2, -0.15) is 0 Å². The van der Waals surface area contributed by atoms with Crippen molar-refractivity contribution in [2.24, 2.45) is 0 Å². The van der Waals surface area contributed by atoms with Gasteiger partial charge in [-0.15, -0.1) is 11.3 Å². The Morgan fingerprint density at radius 1 is 1.14 bits per heavy atom. The maximum Gasteiger partial charge on any atom is 0.258 e. The number of thiophene rings is 1. The minimum Gasteiger partial charge on any atom is -0.390 e. The first-order valence-electron chi connectivity index (χ1n) is 6.59. The normalized spacial score (nSPS) is 10.5. The number of ketones is 1. The summed E-state index contributed by atoms with van der Waals surface area (Å²) in [6.07, 6.45) is 0. The minimum absolute atomic E-state index is 0.0746. The molecule has 1 aromatic carbocycles. The lowest BCUT2D eigenvalue weighted by Crippen LogP contribution is -2.14. The summed E-state index contributed by atoms with van der Waals surface area (Å²) in [6.45, 7) is 7.23. The summed E-state index contributed by atoms with van der Waals surface area (Å²) in [7, 11) is 0. The van der Waals surface area contributed by atoms with Crippen LogP contribution in [0.25, 0.3) is 0 Å². The van der Waals surface area contributed by atoms with Gasteiger partial charge in [0.05, 0.1) is 15.4 Å². The number of carbonyl (C=O) groups is 2. The molecule has 5 heteroatoms. The van der Waals surface area contributed by atoms with Crippen LogP contribution in [-0.4, -0.2) is 11.7 Å². The van der Waals surface area contributed by atoms with E-state index < -0.39 is 0 Å². The number of Topliss-reactive ketones (excluding diaryl/α,β-unsaturated/α-hetero) is 1. The lowest BCUT2D eigenvalue weighted by atomic mass is 10.1. The molecule has 3 N–H and O–H groups in total. The molecule has 0 saturated carbocycles. The first-order chi connectivity index (χ1) is 9.81. The minimum atomic E-state index is -0.281. The molecule has 0 bridgehead atoms. The highest BCUT2D eigenvalue weighted by Crippen LogP contribution is 2.31. The average molecular weight is 302 g/mol. The summed E-state index contributed by atoms with van der Waals surface area (Å²) in [6, 6.07) is 5.72. The molecule has 0 spiro atoms. The molecule has 1 aromatic heterocycles. The molecule has 4 nitrogen and oxygen atoms in total. The third kappa shape index (κ3) is 2.97. The van der Waals surface area contributed by atoms with Crippen molar-refractivity contribution in [1.82, 2.24) is 0 Å². The number of anilines is 2. The molecule has 2 rings (SSSR count). The Morgan fingerprint density at radius 2 is 1.81 bits per heavy atom. The zero-order valence-corrected chi connectivity index (χ0v) is 13.4. The van der Waals surface area contributed by atoms with Gasteiger partial charge >= 0.3 is 0 Å². The van der Waals surface area contributed by atoms with Gasteiger partial charge in [0, 0.05) is 5.69 Å². The maximum atomic E-state index is 12.4. The lowest BCUT2D eigenvalue weighted by molar-refractivity contribution is 0.102. The Kier molecular flexibility index (Phi) is 4.14. The van der Waals surface area contributed by atoms with Gasteiger partial charge in [0.25, 0.3) is 5.91 Å². The van der Waals surface area contributed by atoms with E-state index in [1.165, 1.54) is 6.92 Å². The third-order valence-corrected chi connectivity index (χ3v) is 4.71. The van der Waals surface area contributed by atoms with Crippen LogP contribution >= 0.6 is 11.3 Å². The molecule has 110 valence electrons. The molecular weight excluding hydrogens is 284 g/mol. The van der Waals surface area contributed by atoms with Gasteiger partial charge in [0.1, 0.15) is 0 Å². The zero-order valence-electron chi connectivity index (χ0n) is 12.5. The van der Waals surface area contributed by atoms with Gasteiger partial charge in [-0.25, -0.2) is 0 Å². The summed E-state index contributed by atoms with van der Waals surface area (Å²) >= 11 is 1.16. The van der Waals surface area contributed by atoms with Crippen molar-refractivity contribution in [3.05, 3.63) is 45.3 Å². The Hall–Kier alpha value is -2.14. The highest BCUT2D eigenvalue weighted by Gasteiger charge is 2.21. The van der Waals surface area contributed by atoms with Crippen LogP contribution in [0.5, 0.6) is 0 Å². The maximum absolute atomic E-state index is 12.4. The summed E-state index contributed by atoms with van der Waals surface area (Å²) in [5, 5.41) is 3.21. The second-order valence-corrected chi connectivity index (χ2v) is 6.16. The first kappa shape index (κ1) is 15.3. The quantitative estimate of drug-likeness (QED) is 0.849. The molecule has 1 heterocycles. The summed E-state index contributed by atoms with van der Waals surface area (Å²) in [5.74, 6) is -0.355. The third-order valence-electron chi connectivity index (χ3n) is 3.49. The molecule has 0 unspecified atom stereocenters. The number of nitrogen functional groups attached to an aromatic ring is 1. The first-order valence-corrected chi connectivity index (χ1v) is 7.41. The molecule has 2 aromatic rings. The largest absolute Gasteiger partial charge is 0.390 e. The summed E-state index contributed by atoms with van der Waals surface area (Å²) < 4.78 is 0. The second kappa shape index (κ2) is 5.69. The molecule has 0 aliphatic carbocycles. The van der Waals surface area contributed by atoms with Gasteiger partial charge in [-0.3, -0.25) is 9.59 Å². The van der Waals surface area contributed by atoms with Crippen molar-refractivity contribution < 1.29 is 9.59 Å².